The first kappa shape index (κ1) is 18.1. The van der Waals surface area contributed by atoms with Crippen LogP contribution in [0.15, 0.2) is 18.2 Å². The lowest BCUT2D eigenvalue weighted by Crippen LogP contribution is -2.40. The molecule has 2 saturated heterocycles. The van der Waals surface area contributed by atoms with E-state index in [9.17, 15) is 14.0 Å². The standard InChI is InChI=1S/C18H23ClFN3O2/c19-16-11-13(20)4-5-15(16)18(25)21-7-6-17(24)23-10-2-9-22-8-1-3-14(22)12-23/h4-5,11,14H,1-3,6-10,12H2,(H,21,25)/t14-/m1/s1. The Morgan fingerprint density at radius 1 is 1.24 bits per heavy atom. The van der Waals surface area contributed by atoms with Gasteiger partial charge in [-0.15, -0.1) is 0 Å². The van der Waals surface area contributed by atoms with E-state index in [4.69, 9.17) is 11.6 Å². The molecule has 2 aliphatic rings. The van der Waals surface area contributed by atoms with Crippen LogP contribution >= 0.6 is 11.6 Å². The maximum Gasteiger partial charge on any atom is 0.252 e. The lowest BCUT2D eigenvalue weighted by Gasteiger charge is -2.25. The number of halogens is 2. The van der Waals surface area contributed by atoms with Gasteiger partial charge < -0.3 is 10.2 Å². The fourth-order valence-corrected chi connectivity index (χ4v) is 3.90. The fourth-order valence-electron chi connectivity index (χ4n) is 3.64. The lowest BCUT2D eigenvalue weighted by atomic mass is 10.2. The Kier molecular flexibility index (Phi) is 5.91. The first-order valence-electron chi connectivity index (χ1n) is 8.79. The Balaban J connectivity index is 1.48. The van der Waals surface area contributed by atoms with Gasteiger partial charge in [0.1, 0.15) is 5.82 Å². The molecule has 2 aliphatic heterocycles. The summed E-state index contributed by atoms with van der Waals surface area (Å²) in [6, 6.07) is 4.13. The molecule has 2 fully saturated rings. The average Bonchev–Trinajstić information content (AvgIpc) is 2.91. The summed E-state index contributed by atoms with van der Waals surface area (Å²) in [6.45, 7) is 4.02. The van der Waals surface area contributed by atoms with Crippen LogP contribution in [0.4, 0.5) is 4.39 Å². The number of carbonyl (C=O) groups is 2. The van der Waals surface area contributed by atoms with Gasteiger partial charge in [-0.3, -0.25) is 14.5 Å². The second kappa shape index (κ2) is 8.15. The minimum Gasteiger partial charge on any atom is -0.351 e. The minimum atomic E-state index is -0.487. The summed E-state index contributed by atoms with van der Waals surface area (Å²) >= 11 is 5.88. The van der Waals surface area contributed by atoms with E-state index in [1.54, 1.807) is 0 Å². The zero-order chi connectivity index (χ0) is 17.8. The number of benzene rings is 1. The quantitative estimate of drug-likeness (QED) is 0.888. The molecular weight excluding hydrogens is 345 g/mol. The Labute approximate surface area is 152 Å². The number of fused-ring (bicyclic) bond motifs is 1. The first-order valence-corrected chi connectivity index (χ1v) is 9.17. The third-order valence-electron chi connectivity index (χ3n) is 4.96. The van der Waals surface area contributed by atoms with Crippen LogP contribution in [0.1, 0.15) is 36.0 Å². The monoisotopic (exact) mass is 367 g/mol. The molecule has 0 bridgehead atoms. The molecule has 1 N–H and O–H groups in total. The Morgan fingerprint density at radius 2 is 2.04 bits per heavy atom. The maximum absolute atomic E-state index is 13.0. The zero-order valence-corrected chi connectivity index (χ0v) is 14.9. The summed E-state index contributed by atoms with van der Waals surface area (Å²) < 4.78 is 13.0. The van der Waals surface area contributed by atoms with Gasteiger partial charge in [-0.2, -0.15) is 0 Å². The highest BCUT2D eigenvalue weighted by atomic mass is 35.5. The molecule has 0 saturated carbocycles. The number of nitrogens with zero attached hydrogens (tertiary/aromatic N) is 2. The van der Waals surface area contributed by atoms with Gasteiger partial charge >= 0.3 is 0 Å². The molecule has 0 radical (unpaired) electrons. The van der Waals surface area contributed by atoms with E-state index in [0.29, 0.717) is 6.04 Å². The minimum absolute atomic E-state index is 0.0673. The molecule has 0 aromatic heterocycles. The molecule has 0 spiro atoms. The summed E-state index contributed by atoms with van der Waals surface area (Å²) in [5.74, 6) is -0.811. The Morgan fingerprint density at radius 3 is 2.84 bits per heavy atom. The van der Waals surface area contributed by atoms with Crippen molar-refractivity contribution in [1.82, 2.24) is 15.1 Å². The molecule has 3 rings (SSSR count). The summed E-state index contributed by atoms with van der Waals surface area (Å²) in [5.41, 5.74) is 0.215. The van der Waals surface area contributed by atoms with Gasteiger partial charge in [-0.1, -0.05) is 11.6 Å². The molecule has 1 atom stereocenters. The molecular formula is C18H23ClFN3O2. The van der Waals surface area contributed by atoms with Crippen molar-refractivity contribution in [2.24, 2.45) is 0 Å². The van der Waals surface area contributed by atoms with Crippen LogP contribution in [0.3, 0.4) is 0 Å². The Hall–Kier alpha value is -1.66. The van der Waals surface area contributed by atoms with Crippen LogP contribution in [0, 0.1) is 5.82 Å². The molecule has 0 aliphatic carbocycles. The van der Waals surface area contributed by atoms with Crippen LogP contribution in [-0.2, 0) is 4.79 Å². The summed E-state index contributed by atoms with van der Waals surface area (Å²) in [4.78, 5) is 28.9. The molecule has 136 valence electrons. The van der Waals surface area contributed by atoms with Crippen molar-refractivity contribution < 1.29 is 14.0 Å². The van der Waals surface area contributed by atoms with E-state index in [1.165, 1.54) is 18.6 Å². The number of rotatable bonds is 4. The molecule has 25 heavy (non-hydrogen) atoms. The first-order chi connectivity index (χ1) is 12.0. The second-order valence-corrected chi connectivity index (χ2v) is 7.06. The van der Waals surface area contributed by atoms with Crippen molar-refractivity contribution in [3.05, 3.63) is 34.6 Å². The van der Waals surface area contributed by atoms with Crippen molar-refractivity contribution >= 4 is 23.4 Å². The summed E-state index contributed by atoms with van der Waals surface area (Å²) in [7, 11) is 0. The summed E-state index contributed by atoms with van der Waals surface area (Å²) in [6.07, 6.45) is 3.63. The molecule has 7 heteroatoms. The van der Waals surface area contributed by atoms with Gasteiger partial charge in [0, 0.05) is 38.6 Å². The van der Waals surface area contributed by atoms with Crippen molar-refractivity contribution in [1.29, 1.82) is 0 Å². The summed E-state index contributed by atoms with van der Waals surface area (Å²) in [5, 5.41) is 2.75. The normalized spacial score (nSPS) is 20.9. The van der Waals surface area contributed by atoms with Gasteiger partial charge in [0.25, 0.3) is 5.91 Å². The highest BCUT2D eigenvalue weighted by molar-refractivity contribution is 6.33. The van der Waals surface area contributed by atoms with Crippen LogP contribution in [0.2, 0.25) is 5.02 Å². The van der Waals surface area contributed by atoms with Gasteiger partial charge in [-0.25, -0.2) is 4.39 Å². The number of hydrogen-bond donors (Lipinski definition) is 1. The van der Waals surface area contributed by atoms with Crippen molar-refractivity contribution in [2.75, 3.05) is 32.7 Å². The van der Waals surface area contributed by atoms with Crippen LogP contribution in [0.5, 0.6) is 0 Å². The molecule has 0 unspecified atom stereocenters. The zero-order valence-electron chi connectivity index (χ0n) is 14.1. The molecule has 1 aromatic rings. The van der Waals surface area contributed by atoms with Gasteiger partial charge in [-0.05, 0) is 44.0 Å². The molecule has 2 heterocycles. The predicted molar refractivity (Wildman–Crippen MR) is 94.2 cm³/mol. The van der Waals surface area contributed by atoms with Crippen LogP contribution in [0.25, 0.3) is 0 Å². The topological polar surface area (TPSA) is 52.7 Å². The van der Waals surface area contributed by atoms with E-state index in [2.05, 4.69) is 10.2 Å². The average molecular weight is 368 g/mol. The van der Waals surface area contributed by atoms with E-state index >= 15 is 0 Å². The number of nitrogens with one attached hydrogen (secondary N) is 1. The third kappa shape index (κ3) is 4.50. The largest absolute Gasteiger partial charge is 0.351 e. The molecule has 1 aromatic carbocycles. The smallest absolute Gasteiger partial charge is 0.252 e. The molecule has 5 nitrogen and oxygen atoms in total. The predicted octanol–water partition coefficient (Wildman–Crippen LogP) is 2.30. The number of amides is 2. The van der Waals surface area contributed by atoms with E-state index in [-0.39, 0.29) is 29.5 Å². The third-order valence-corrected chi connectivity index (χ3v) is 5.27. The van der Waals surface area contributed by atoms with Gasteiger partial charge in [0.2, 0.25) is 5.91 Å². The lowest BCUT2D eigenvalue weighted by molar-refractivity contribution is -0.131. The second-order valence-electron chi connectivity index (χ2n) is 6.66. The van der Waals surface area contributed by atoms with Crippen molar-refractivity contribution in [3.63, 3.8) is 0 Å². The fraction of sp³-hybridized carbons (Fsp3) is 0.556. The van der Waals surface area contributed by atoms with Crippen LogP contribution < -0.4 is 5.32 Å². The molecule has 2 amide bonds. The van der Waals surface area contributed by atoms with Crippen molar-refractivity contribution in [3.8, 4) is 0 Å². The van der Waals surface area contributed by atoms with Gasteiger partial charge in [0.05, 0.1) is 10.6 Å². The highest BCUT2D eigenvalue weighted by Crippen LogP contribution is 2.21. The maximum atomic E-state index is 13.0. The van der Waals surface area contributed by atoms with Crippen LogP contribution in [-0.4, -0.2) is 60.4 Å². The number of hydrogen-bond acceptors (Lipinski definition) is 3. The van der Waals surface area contributed by atoms with E-state index in [1.807, 2.05) is 4.90 Å². The SMILES string of the molecule is O=C(NCCC(=O)N1CCCN2CCC[C@@H]2C1)c1ccc(F)cc1Cl. The van der Waals surface area contributed by atoms with Gasteiger partial charge in [0.15, 0.2) is 0 Å². The number of carbonyl (C=O) groups excluding carboxylic acids is 2. The van der Waals surface area contributed by atoms with E-state index in [0.717, 1.165) is 45.1 Å². The van der Waals surface area contributed by atoms with Crippen molar-refractivity contribution in [2.45, 2.75) is 31.7 Å². The van der Waals surface area contributed by atoms with E-state index < -0.39 is 11.7 Å². The Bertz CT molecular complexity index is 655. The highest BCUT2D eigenvalue weighted by Gasteiger charge is 2.30.